The van der Waals surface area contributed by atoms with Gasteiger partial charge in [-0.25, -0.2) is 0 Å². The lowest BCUT2D eigenvalue weighted by molar-refractivity contribution is -0.119. The Morgan fingerprint density at radius 3 is 2.79 bits per heavy atom. The van der Waals surface area contributed by atoms with E-state index < -0.39 is 0 Å². The van der Waals surface area contributed by atoms with E-state index in [0.29, 0.717) is 46.7 Å². The Morgan fingerprint density at radius 1 is 1.21 bits per heavy atom. The molecule has 8 heteroatoms. The van der Waals surface area contributed by atoms with Crippen molar-refractivity contribution in [2.45, 2.75) is 43.4 Å². The Morgan fingerprint density at radius 2 is 2.07 bits per heavy atom. The lowest BCUT2D eigenvalue weighted by atomic mass is 9.95. The van der Waals surface area contributed by atoms with Crippen LogP contribution in [0.25, 0.3) is 0 Å². The van der Waals surface area contributed by atoms with Crippen LogP contribution in [0.2, 0.25) is 0 Å². The molecule has 2 saturated carbocycles. The molecule has 2 aliphatic carbocycles. The fourth-order valence-corrected chi connectivity index (χ4v) is 4.92. The van der Waals surface area contributed by atoms with Gasteiger partial charge in [0.15, 0.2) is 11.5 Å². The van der Waals surface area contributed by atoms with E-state index in [2.05, 4.69) is 15.5 Å². The third kappa shape index (κ3) is 4.27. The summed E-state index contributed by atoms with van der Waals surface area (Å²) in [6.07, 6.45) is 5.49. The Kier molecular flexibility index (Phi) is 5.75. The van der Waals surface area contributed by atoms with Gasteiger partial charge in [-0.2, -0.15) is 0 Å². The summed E-state index contributed by atoms with van der Waals surface area (Å²) >= 11 is 1.28. The largest absolute Gasteiger partial charge is 0.493 e. The molecular weight excluding hydrogens is 378 g/mol. The number of hydrogen-bond acceptors (Lipinski definition) is 7. The van der Waals surface area contributed by atoms with Gasteiger partial charge in [-0.1, -0.05) is 24.2 Å². The third-order valence-corrected chi connectivity index (χ3v) is 6.48. The lowest BCUT2D eigenvalue weighted by Gasteiger charge is -2.22. The Labute approximate surface area is 168 Å². The van der Waals surface area contributed by atoms with E-state index in [9.17, 15) is 4.79 Å². The highest BCUT2D eigenvalue weighted by atomic mass is 32.2. The molecule has 2 aromatic rings. The molecule has 28 heavy (non-hydrogen) atoms. The van der Waals surface area contributed by atoms with Crippen LogP contribution in [0.4, 0.5) is 0 Å². The summed E-state index contributed by atoms with van der Waals surface area (Å²) in [6, 6.07) is 6.02. The van der Waals surface area contributed by atoms with Crippen molar-refractivity contribution in [1.29, 1.82) is 0 Å². The van der Waals surface area contributed by atoms with Crippen LogP contribution in [0.15, 0.2) is 27.8 Å². The summed E-state index contributed by atoms with van der Waals surface area (Å²) in [7, 11) is 3.21. The predicted octanol–water partition coefficient (Wildman–Crippen LogP) is 3.07. The number of nitrogens with zero attached hydrogens (tertiary/aromatic N) is 2. The van der Waals surface area contributed by atoms with Crippen molar-refractivity contribution in [3.05, 3.63) is 29.7 Å². The maximum atomic E-state index is 12.2. The highest BCUT2D eigenvalue weighted by Crippen LogP contribution is 2.44. The quantitative estimate of drug-likeness (QED) is 0.678. The van der Waals surface area contributed by atoms with Crippen molar-refractivity contribution >= 4 is 17.7 Å². The van der Waals surface area contributed by atoms with E-state index in [4.69, 9.17) is 13.9 Å². The zero-order valence-electron chi connectivity index (χ0n) is 16.1. The van der Waals surface area contributed by atoms with Gasteiger partial charge in [0.05, 0.1) is 26.4 Å². The number of aromatic nitrogens is 2. The van der Waals surface area contributed by atoms with Gasteiger partial charge in [-0.3, -0.25) is 4.79 Å². The molecule has 150 valence electrons. The first-order valence-electron chi connectivity index (χ1n) is 9.60. The summed E-state index contributed by atoms with van der Waals surface area (Å²) < 4.78 is 16.2. The lowest BCUT2D eigenvalue weighted by Crippen LogP contribution is -2.39. The molecule has 2 aliphatic rings. The van der Waals surface area contributed by atoms with E-state index in [1.54, 1.807) is 14.2 Å². The number of hydrogen-bond donors (Lipinski definition) is 1. The number of rotatable bonds is 8. The molecule has 0 unspecified atom stereocenters. The minimum Gasteiger partial charge on any atom is -0.493 e. The van der Waals surface area contributed by atoms with Crippen LogP contribution in [-0.4, -0.2) is 42.1 Å². The molecular formula is C20H25N3O4S. The Bertz CT molecular complexity index is 841. The second-order valence-electron chi connectivity index (χ2n) is 7.47. The molecule has 1 N–H and O–H groups in total. The topological polar surface area (TPSA) is 86.5 Å². The Hall–Kier alpha value is -2.22. The zero-order chi connectivity index (χ0) is 19.5. The smallest absolute Gasteiger partial charge is 0.277 e. The van der Waals surface area contributed by atoms with Gasteiger partial charge in [0.2, 0.25) is 11.8 Å². The van der Waals surface area contributed by atoms with Crippen molar-refractivity contribution in [2.75, 3.05) is 20.0 Å². The number of nitrogens with one attached hydrogen (secondary N) is 1. The molecule has 7 nitrogen and oxygen atoms in total. The van der Waals surface area contributed by atoms with Crippen LogP contribution in [0.1, 0.15) is 37.1 Å². The van der Waals surface area contributed by atoms with Crippen molar-refractivity contribution in [1.82, 2.24) is 15.5 Å². The van der Waals surface area contributed by atoms with E-state index >= 15 is 0 Å². The van der Waals surface area contributed by atoms with Crippen molar-refractivity contribution in [3.8, 4) is 11.5 Å². The van der Waals surface area contributed by atoms with E-state index in [-0.39, 0.29) is 5.91 Å². The number of methoxy groups -OCH3 is 2. The number of benzene rings is 1. The highest BCUT2D eigenvalue weighted by Gasteiger charge is 2.40. The number of fused-ring (bicyclic) bond motifs is 2. The number of carbonyl (C=O) groups excluding carboxylic acids is 1. The molecule has 1 aromatic heterocycles. The monoisotopic (exact) mass is 403 g/mol. The van der Waals surface area contributed by atoms with Crippen molar-refractivity contribution in [2.24, 2.45) is 11.8 Å². The minimum absolute atomic E-state index is 0.0437. The molecule has 1 amide bonds. The summed E-state index contributed by atoms with van der Waals surface area (Å²) in [5.41, 5.74) is 0.979. The second kappa shape index (κ2) is 8.43. The number of amides is 1. The molecule has 0 radical (unpaired) electrons. The van der Waals surface area contributed by atoms with Gasteiger partial charge in [-0.15, -0.1) is 10.2 Å². The van der Waals surface area contributed by atoms with Crippen LogP contribution < -0.4 is 14.8 Å². The number of carbonyl (C=O) groups is 1. The minimum atomic E-state index is 0.0437. The molecule has 2 bridgehead atoms. The average Bonchev–Trinajstić information content (AvgIpc) is 3.43. The highest BCUT2D eigenvalue weighted by molar-refractivity contribution is 7.99. The summed E-state index contributed by atoms with van der Waals surface area (Å²) in [5, 5.41) is 11.7. The van der Waals surface area contributed by atoms with Crippen molar-refractivity contribution < 1.29 is 18.7 Å². The molecule has 1 aromatic carbocycles. The second-order valence-corrected chi connectivity index (χ2v) is 8.39. The normalized spacial score (nSPS) is 23.0. The fraction of sp³-hybridized carbons (Fsp3) is 0.550. The predicted molar refractivity (Wildman–Crippen MR) is 105 cm³/mol. The first kappa shape index (κ1) is 19.1. The summed E-state index contributed by atoms with van der Waals surface area (Å²) in [5.74, 6) is 3.67. The maximum absolute atomic E-state index is 12.2. The molecule has 1 heterocycles. The standard InChI is InChI=1S/C20H25N3O4S/c1-25-16-6-4-13(9-17(16)26-2)10-19-22-23-20(27-19)28-11-18(24)21-15-8-12-3-5-14(15)7-12/h4,6,9,12,14-15H,3,5,7-8,10-11H2,1-2H3,(H,21,24)/t12-,14-,15-/m0/s1. The Balaban J connectivity index is 1.28. The SMILES string of the molecule is COc1ccc(Cc2nnc(SCC(=O)N[C@H]3C[C@H]4CC[C@H]3C4)o2)cc1OC. The van der Waals surface area contributed by atoms with Gasteiger partial charge >= 0.3 is 0 Å². The molecule has 0 saturated heterocycles. The summed E-state index contributed by atoms with van der Waals surface area (Å²) in [6.45, 7) is 0. The van der Waals surface area contributed by atoms with Crippen molar-refractivity contribution in [3.63, 3.8) is 0 Å². The van der Waals surface area contributed by atoms with Gasteiger partial charge in [-0.05, 0) is 48.8 Å². The maximum Gasteiger partial charge on any atom is 0.277 e. The summed E-state index contributed by atoms with van der Waals surface area (Å²) in [4.78, 5) is 12.2. The van der Waals surface area contributed by atoms with Gasteiger partial charge in [0.1, 0.15) is 0 Å². The number of thioether (sulfide) groups is 1. The molecule has 0 aliphatic heterocycles. The zero-order valence-corrected chi connectivity index (χ0v) is 17.0. The van der Waals surface area contributed by atoms with Crippen LogP contribution in [0.3, 0.4) is 0 Å². The van der Waals surface area contributed by atoms with E-state index in [0.717, 1.165) is 17.9 Å². The molecule has 2 fully saturated rings. The molecule has 4 rings (SSSR count). The molecule has 0 spiro atoms. The fourth-order valence-electron chi connectivity index (χ4n) is 4.33. The van der Waals surface area contributed by atoms with Gasteiger partial charge < -0.3 is 19.2 Å². The first-order chi connectivity index (χ1) is 13.6. The molecule has 3 atom stereocenters. The van der Waals surface area contributed by atoms with Crippen LogP contribution in [-0.2, 0) is 11.2 Å². The number of ether oxygens (including phenoxy) is 2. The third-order valence-electron chi connectivity index (χ3n) is 5.66. The van der Waals surface area contributed by atoms with Crippen LogP contribution >= 0.6 is 11.8 Å². The van der Waals surface area contributed by atoms with Crippen LogP contribution in [0, 0.1) is 11.8 Å². The first-order valence-corrected chi connectivity index (χ1v) is 10.6. The van der Waals surface area contributed by atoms with Gasteiger partial charge in [0, 0.05) is 6.04 Å². The van der Waals surface area contributed by atoms with E-state index in [1.807, 2.05) is 18.2 Å². The van der Waals surface area contributed by atoms with Crippen LogP contribution in [0.5, 0.6) is 11.5 Å². The van der Waals surface area contributed by atoms with Gasteiger partial charge in [0.25, 0.3) is 5.22 Å². The van der Waals surface area contributed by atoms with E-state index in [1.165, 1.54) is 31.0 Å². The average molecular weight is 404 g/mol.